The summed E-state index contributed by atoms with van der Waals surface area (Å²) in [6, 6.07) is 5.75. The number of halogens is 1. The Kier molecular flexibility index (Phi) is 6.81. The van der Waals surface area contributed by atoms with Gasteiger partial charge in [-0.25, -0.2) is 9.78 Å². The Balaban J connectivity index is 2.31. The van der Waals surface area contributed by atoms with E-state index in [2.05, 4.69) is 26.2 Å². The summed E-state index contributed by atoms with van der Waals surface area (Å²) in [5.41, 5.74) is -0.0908. The van der Waals surface area contributed by atoms with Gasteiger partial charge in [0.05, 0.1) is 5.69 Å². The predicted octanol–water partition coefficient (Wildman–Crippen LogP) is 4.01. The lowest BCUT2D eigenvalue weighted by Gasteiger charge is -2.25. The number of pyridine rings is 1. The van der Waals surface area contributed by atoms with Gasteiger partial charge in [0.1, 0.15) is 15.8 Å². The lowest BCUT2D eigenvalue weighted by atomic mass is 10.0. The molecule has 0 saturated heterocycles. The van der Waals surface area contributed by atoms with Gasteiger partial charge in [-0.15, -0.1) is 0 Å². The molecule has 1 N–H and O–H groups in total. The van der Waals surface area contributed by atoms with E-state index in [0.29, 0.717) is 19.6 Å². The van der Waals surface area contributed by atoms with E-state index in [1.165, 1.54) is 0 Å². The Morgan fingerprint density at radius 2 is 1.95 bits per heavy atom. The zero-order valence-electron chi connectivity index (χ0n) is 13.9. The van der Waals surface area contributed by atoms with Gasteiger partial charge in [-0.1, -0.05) is 6.07 Å². The highest BCUT2D eigenvalue weighted by Gasteiger charge is 2.23. The molecule has 0 radical (unpaired) electrons. The number of amides is 1. The molecule has 0 aromatic carbocycles. The van der Waals surface area contributed by atoms with E-state index < -0.39 is 17.3 Å². The van der Waals surface area contributed by atoms with Crippen LogP contribution in [0.4, 0.5) is 4.79 Å². The minimum Gasteiger partial charge on any atom is -0.444 e. The van der Waals surface area contributed by atoms with Gasteiger partial charge in [-0.05, 0) is 69.1 Å². The zero-order chi connectivity index (χ0) is 16.8. The summed E-state index contributed by atoms with van der Waals surface area (Å²) in [4.78, 5) is 15.9. The molecule has 0 aliphatic rings. The average molecular weight is 373 g/mol. The summed E-state index contributed by atoms with van der Waals surface area (Å²) in [6.45, 7) is 10.5. The maximum Gasteiger partial charge on any atom is 0.407 e. The van der Waals surface area contributed by atoms with Crippen LogP contribution in [-0.4, -0.2) is 29.8 Å². The third kappa shape index (κ3) is 7.22. The molecule has 0 aliphatic carbocycles. The van der Waals surface area contributed by atoms with Gasteiger partial charge < -0.3 is 14.8 Å². The average Bonchev–Trinajstić information content (AvgIpc) is 2.36. The molecule has 1 aromatic heterocycles. The van der Waals surface area contributed by atoms with Crippen LogP contribution in [0.2, 0.25) is 0 Å². The van der Waals surface area contributed by atoms with Crippen molar-refractivity contribution in [3.8, 4) is 0 Å². The first-order chi connectivity index (χ1) is 10.1. The number of aromatic nitrogens is 1. The van der Waals surface area contributed by atoms with E-state index in [9.17, 15) is 4.79 Å². The molecule has 0 spiro atoms. The fourth-order valence-corrected chi connectivity index (χ4v) is 2.07. The fraction of sp³-hybridized carbons (Fsp3) is 0.625. The predicted molar refractivity (Wildman–Crippen MR) is 89.8 cm³/mol. The van der Waals surface area contributed by atoms with E-state index >= 15 is 0 Å². The van der Waals surface area contributed by atoms with Crippen molar-refractivity contribution in [1.82, 2.24) is 10.3 Å². The van der Waals surface area contributed by atoms with Gasteiger partial charge in [0.2, 0.25) is 0 Å². The second-order valence-corrected chi connectivity index (χ2v) is 7.30. The van der Waals surface area contributed by atoms with E-state index in [-0.39, 0.29) is 0 Å². The summed E-state index contributed by atoms with van der Waals surface area (Å²) in [5.74, 6) is 0. The van der Waals surface area contributed by atoms with Crippen LogP contribution in [0.1, 0.15) is 46.7 Å². The van der Waals surface area contributed by atoms with Gasteiger partial charge in [0.25, 0.3) is 0 Å². The third-order valence-electron chi connectivity index (χ3n) is 2.78. The summed E-state index contributed by atoms with van der Waals surface area (Å²) >= 11 is 3.36. The van der Waals surface area contributed by atoms with Crippen LogP contribution in [0.5, 0.6) is 0 Å². The van der Waals surface area contributed by atoms with Crippen molar-refractivity contribution >= 4 is 22.0 Å². The molecule has 22 heavy (non-hydrogen) atoms. The highest BCUT2D eigenvalue weighted by atomic mass is 79.9. The van der Waals surface area contributed by atoms with Crippen LogP contribution in [0, 0.1) is 0 Å². The Bertz CT molecular complexity index is 498. The monoisotopic (exact) mass is 372 g/mol. The summed E-state index contributed by atoms with van der Waals surface area (Å²) in [7, 11) is 0. The number of hydrogen-bond acceptors (Lipinski definition) is 4. The van der Waals surface area contributed by atoms with E-state index in [1.54, 1.807) is 0 Å². The Labute approximate surface area is 140 Å². The maximum atomic E-state index is 11.5. The van der Waals surface area contributed by atoms with Crippen LogP contribution < -0.4 is 5.32 Å². The number of nitrogens with one attached hydrogen (secondary N) is 1. The van der Waals surface area contributed by atoms with Crippen molar-refractivity contribution < 1.29 is 14.3 Å². The molecule has 1 heterocycles. The standard InChI is InChI=1S/C16H25BrN2O3/c1-15(2,3)22-14(20)18-10-7-11-21-16(4,5)12-8-6-9-13(17)19-12/h6,8-9H,7,10-11H2,1-5H3,(H,18,20). The van der Waals surface area contributed by atoms with Gasteiger partial charge in [-0.3, -0.25) is 0 Å². The topological polar surface area (TPSA) is 60.5 Å². The molecule has 5 nitrogen and oxygen atoms in total. The third-order valence-corrected chi connectivity index (χ3v) is 3.23. The Morgan fingerprint density at radius 3 is 2.55 bits per heavy atom. The van der Waals surface area contributed by atoms with Crippen molar-refractivity contribution in [2.24, 2.45) is 0 Å². The molecule has 6 heteroatoms. The molecular formula is C16H25BrN2O3. The highest BCUT2D eigenvalue weighted by molar-refractivity contribution is 9.10. The number of carbonyl (C=O) groups is 1. The van der Waals surface area contributed by atoms with E-state index in [4.69, 9.17) is 9.47 Å². The lowest BCUT2D eigenvalue weighted by molar-refractivity contribution is -0.0259. The molecule has 124 valence electrons. The quantitative estimate of drug-likeness (QED) is 0.605. The van der Waals surface area contributed by atoms with E-state index in [1.807, 2.05) is 52.8 Å². The molecule has 0 aliphatic heterocycles. The summed E-state index contributed by atoms with van der Waals surface area (Å²) < 4.78 is 11.8. The summed E-state index contributed by atoms with van der Waals surface area (Å²) in [6.07, 6.45) is 0.303. The number of carbonyl (C=O) groups excluding carboxylic acids is 1. The Hall–Kier alpha value is -1.14. The minimum absolute atomic E-state index is 0.402. The van der Waals surface area contributed by atoms with Crippen LogP contribution in [0.15, 0.2) is 22.8 Å². The second-order valence-electron chi connectivity index (χ2n) is 6.49. The van der Waals surface area contributed by atoms with Crippen molar-refractivity contribution in [3.05, 3.63) is 28.5 Å². The first-order valence-electron chi connectivity index (χ1n) is 7.34. The highest BCUT2D eigenvalue weighted by Crippen LogP contribution is 2.24. The SMILES string of the molecule is CC(C)(C)OC(=O)NCCCOC(C)(C)c1cccc(Br)n1. The van der Waals surface area contributed by atoms with Gasteiger partial charge >= 0.3 is 6.09 Å². The molecule has 1 amide bonds. The smallest absolute Gasteiger partial charge is 0.407 e. The fourth-order valence-electron chi connectivity index (χ4n) is 1.72. The number of rotatable bonds is 6. The van der Waals surface area contributed by atoms with Crippen molar-refractivity contribution in [2.45, 2.75) is 52.2 Å². The molecule has 0 bridgehead atoms. The number of ether oxygens (including phenoxy) is 2. The Morgan fingerprint density at radius 1 is 1.27 bits per heavy atom. The van der Waals surface area contributed by atoms with Crippen molar-refractivity contribution in [2.75, 3.05) is 13.2 Å². The first kappa shape index (κ1) is 18.9. The van der Waals surface area contributed by atoms with Gasteiger partial charge in [0.15, 0.2) is 0 Å². The molecule has 0 atom stereocenters. The normalized spacial score (nSPS) is 12.1. The number of alkyl carbamates (subject to hydrolysis) is 1. The molecule has 1 aromatic rings. The van der Waals surface area contributed by atoms with Crippen LogP contribution in [0.25, 0.3) is 0 Å². The van der Waals surface area contributed by atoms with Gasteiger partial charge in [-0.2, -0.15) is 0 Å². The lowest BCUT2D eigenvalue weighted by Crippen LogP contribution is -2.33. The number of nitrogens with zero attached hydrogens (tertiary/aromatic N) is 1. The zero-order valence-corrected chi connectivity index (χ0v) is 15.5. The largest absolute Gasteiger partial charge is 0.444 e. The van der Waals surface area contributed by atoms with Gasteiger partial charge in [0, 0.05) is 13.2 Å². The number of hydrogen-bond donors (Lipinski definition) is 1. The first-order valence-corrected chi connectivity index (χ1v) is 8.13. The van der Waals surface area contributed by atoms with Crippen molar-refractivity contribution in [3.63, 3.8) is 0 Å². The van der Waals surface area contributed by atoms with Crippen LogP contribution >= 0.6 is 15.9 Å². The van der Waals surface area contributed by atoms with E-state index in [0.717, 1.165) is 10.3 Å². The maximum absolute atomic E-state index is 11.5. The molecule has 0 unspecified atom stereocenters. The molecular weight excluding hydrogens is 348 g/mol. The van der Waals surface area contributed by atoms with Crippen LogP contribution in [-0.2, 0) is 15.1 Å². The van der Waals surface area contributed by atoms with Crippen molar-refractivity contribution in [1.29, 1.82) is 0 Å². The molecule has 0 fully saturated rings. The second kappa shape index (κ2) is 7.92. The summed E-state index contributed by atoms with van der Waals surface area (Å²) in [5, 5.41) is 2.71. The van der Waals surface area contributed by atoms with Crippen LogP contribution in [0.3, 0.4) is 0 Å². The minimum atomic E-state index is -0.477. The molecule has 1 rings (SSSR count). The molecule has 0 saturated carbocycles.